The molecular formula is C56H43F7N10O3S2. The number of fused-ring (bicyclic) bond motifs is 5. The Kier molecular flexibility index (Phi) is 12.2. The zero-order valence-corrected chi connectivity index (χ0v) is 42.8. The van der Waals surface area contributed by atoms with Crippen LogP contribution in [0.3, 0.4) is 0 Å². The minimum absolute atomic E-state index is 0.00371. The normalized spacial score (nSPS) is 16.5. The predicted molar refractivity (Wildman–Crippen MR) is 279 cm³/mol. The molecule has 2 aliphatic rings. The summed E-state index contributed by atoms with van der Waals surface area (Å²) in [5.74, 6) is -9.16. The van der Waals surface area contributed by atoms with Gasteiger partial charge in [0.2, 0.25) is 15.9 Å². The number of carbonyl (C=O) groups is 1. The van der Waals surface area contributed by atoms with E-state index in [-0.39, 0.29) is 42.0 Å². The summed E-state index contributed by atoms with van der Waals surface area (Å²) in [7, 11) is -2.26. The van der Waals surface area contributed by atoms with E-state index in [1.54, 1.807) is 37.6 Å². The molecule has 5 aromatic heterocycles. The number of carbonyl (C=O) groups excluding carboxylic acids is 1. The summed E-state index contributed by atoms with van der Waals surface area (Å²) >= 11 is 1.23. The van der Waals surface area contributed by atoms with E-state index in [1.807, 2.05) is 102 Å². The van der Waals surface area contributed by atoms with Gasteiger partial charge in [-0.1, -0.05) is 103 Å². The summed E-state index contributed by atoms with van der Waals surface area (Å²) in [6.07, 6.45) is -0.826. The number of hydrogen-bond acceptors (Lipinski definition) is 9. The first-order valence-electron chi connectivity index (χ1n) is 24.5. The highest BCUT2D eigenvalue weighted by molar-refractivity contribution is 7.92. The Morgan fingerprint density at radius 2 is 1.46 bits per heavy atom. The average Bonchev–Trinajstić information content (AvgIpc) is 3.95. The van der Waals surface area contributed by atoms with Crippen LogP contribution in [-0.2, 0) is 52.5 Å². The van der Waals surface area contributed by atoms with Gasteiger partial charge in [0.05, 0.1) is 34.5 Å². The largest absolute Gasteiger partial charge is 0.435 e. The van der Waals surface area contributed by atoms with Crippen molar-refractivity contribution in [1.82, 2.24) is 44.4 Å². The third-order valence-electron chi connectivity index (χ3n) is 14.6. The number of thiazole rings is 1. The lowest BCUT2D eigenvalue weighted by Gasteiger charge is -2.37. The molecule has 22 heteroatoms. The number of para-hydroxylation sites is 1. The summed E-state index contributed by atoms with van der Waals surface area (Å²) in [5, 5.41) is 11.6. The van der Waals surface area contributed by atoms with Crippen molar-refractivity contribution in [3.05, 3.63) is 203 Å². The number of nitrogens with one attached hydrogen (secondary N) is 2. The van der Waals surface area contributed by atoms with Crippen LogP contribution in [0.15, 0.2) is 146 Å². The Morgan fingerprint density at radius 1 is 0.821 bits per heavy atom. The maximum Gasteiger partial charge on any atom is 0.435 e. The van der Waals surface area contributed by atoms with Crippen molar-refractivity contribution in [1.29, 1.82) is 0 Å². The SMILES string of the molecule is Cn1nc(NS(C)(=O)=O)c2cccc(-c3cc4sc(-c5cn(C(c6ccccc6)(c6ccccc6)c6ccccc6)cn5)nc4nc3[C@H](Cc3cc(F)cc(F)c3)NC(=O)Cn3nc(C(F)(F)F)c4c3C(F)(F)[C@@H]3CC[C@H]43)c21. The summed E-state index contributed by atoms with van der Waals surface area (Å²) < 4.78 is 137. The van der Waals surface area contributed by atoms with Gasteiger partial charge in [0, 0.05) is 47.3 Å². The standard InChI is InChI=1S/C56H43F7N10O3S2/c1-71-48-37(19-12-20-39(48)51(69-71)70-78(2,75)76)40-27-44-52(67-53(77-44)43-28-72(30-64-43)54(32-13-6-3-7-14-32,33-15-8-4-9-16-33)34-17-10-5-11-18-34)66-47(40)42(25-31-23-35(57)26-36(58)24-31)65-45(74)29-73-50-46(49(68-73)56(61,62)63)38-21-22-41(38)55(50,59)60/h3-20,23-24,26-28,30,38,41-42H,21-22,25,29H2,1-2H3,(H,65,74)(H,69,70)/t38-,41+,42-/m0/s1. The van der Waals surface area contributed by atoms with Gasteiger partial charge in [-0.25, -0.2) is 32.2 Å². The van der Waals surface area contributed by atoms with Gasteiger partial charge in [0.15, 0.2) is 17.2 Å². The summed E-state index contributed by atoms with van der Waals surface area (Å²) in [6.45, 7) is -1.09. The van der Waals surface area contributed by atoms with E-state index in [0.29, 0.717) is 48.2 Å². The van der Waals surface area contributed by atoms with Crippen LogP contribution in [0.4, 0.5) is 36.6 Å². The molecule has 12 rings (SSSR count). The first kappa shape index (κ1) is 50.6. The molecule has 5 aromatic carbocycles. The lowest BCUT2D eigenvalue weighted by molar-refractivity contribution is -0.144. The van der Waals surface area contributed by atoms with Gasteiger partial charge in [-0.2, -0.15) is 32.1 Å². The van der Waals surface area contributed by atoms with Crippen molar-refractivity contribution in [2.24, 2.45) is 13.0 Å². The zero-order valence-electron chi connectivity index (χ0n) is 41.2. The van der Waals surface area contributed by atoms with E-state index in [2.05, 4.69) is 20.2 Å². The molecule has 0 unspecified atom stereocenters. The summed E-state index contributed by atoms with van der Waals surface area (Å²) in [6, 6.07) is 37.9. The molecule has 1 amide bonds. The van der Waals surface area contributed by atoms with Gasteiger partial charge < -0.3 is 9.88 Å². The monoisotopic (exact) mass is 1100 g/mol. The van der Waals surface area contributed by atoms with Crippen LogP contribution < -0.4 is 10.0 Å². The number of nitrogens with zero attached hydrogens (tertiary/aromatic N) is 8. The average molecular weight is 1100 g/mol. The Bertz CT molecular complexity index is 3970. The maximum absolute atomic E-state index is 16.0. The number of aromatic nitrogens is 8. The molecule has 1 saturated carbocycles. The highest BCUT2D eigenvalue weighted by Crippen LogP contribution is 2.64. The van der Waals surface area contributed by atoms with E-state index in [4.69, 9.17) is 15.0 Å². The van der Waals surface area contributed by atoms with Crippen molar-refractivity contribution in [3.8, 4) is 21.8 Å². The molecule has 5 heterocycles. The van der Waals surface area contributed by atoms with Gasteiger partial charge in [-0.05, 0) is 71.7 Å². The number of alkyl halides is 5. The molecule has 0 radical (unpaired) electrons. The molecule has 396 valence electrons. The second-order valence-corrected chi connectivity index (χ2v) is 22.3. The molecule has 0 saturated heterocycles. The van der Waals surface area contributed by atoms with Crippen molar-refractivity contribution in [3.63, 3.8) is 0 Å². The Hall–Kier alpha value is -8.24. The third kappa shape index (κ3) is 8.66. The first-order chi connectivity index (χ1) is 37.3. The molecule has 1 fully saturated rings. The Balaban J connectivity index is 1.03. The molecule has 0 spiro atoms. The second kappa shape index (κ2) is 18.7. The molecular weight excluding hydrogens is 1060 g/mol. The van der Waals surface area contributed by atoms with Crippen LogP contribution in [0.5, 0.6) is 0 Å². The number of imidazole rings is 1. The third-order valence-corrected chi connectivity index (χ3v) is 16.2. The molecule has 2 aliphatic carbocycles. The van der Waals surface area contributed by atoms with E-state index < -0.39 is 86.6 Å². The summed E-state index contributed by atoms with van der Waals surface area (Å²) in [5.41, 5.74) is 0.533. The zero-order chi connectivity index (χ0) is 54.5. The van der Waals surface area contributed by atoms with Gasteiger partial charge in [-0.3, -0.25) is 18.9 Å². The highest BCUT2D eigenvalue weighted by atomic mass is 32.2. The Morgan fingerprint density at radius 3 is 2.05 bits per heavy atom. The molecule has 3 atom stereocenters. The molecule has 0 aliphatic heterocycles. The summed E-state index contributed by atoms with van der Waals surface area (Å²) in [4.78, 5) is 29.5. The number of aryl methyl sites for hydroxylation is 1. The number of hydrogen-bond donors (Lipinski definition) is 2. The van der Waals surface area contributed by atoms with Gasteiger partial charge in [0.25, 0.3) is 5.92 Å². The molecule has 78 heavy (non-hydrogen) atoms. The number of amides is 1. The van der Waals surface area contributed by atoms with E-state index in [9.17, 15) is 26.4 Å². The molecule has 10 aromatic rings. The van der Waals surface area contributed by atoms with Crippen molar-refractivity contribution in [2.45, 2.75) is 55.4 Å². The van der Waals surface area contributed by atoms with Crippen LogP contribution in [0.1, 0.15) is 69.7 Å². The van der Waals surface area contributed by atoms with Crippen LogP contribution in [-0.4, -0.2) is 59.7 Å². The maximum atomic E-state index is 16.0. The molecule has 0 bridgehead atoms. The van der Waals surface area contributed by atoms with Crippen LogP contribution in [0.25, 0.3) is 43.1 Å². The molecule has 2 N–H and O–H groups in total. The fourth-order valence-electron chi connectivity index (χ4n) is 11.4. The topological polar surface area (TPSA) is 155 Å². The Labute approximate surface area is 444 Å². The first-order valence-corrected chi connectivity index (χ1v) is 27.3. The van der Waals surface area contributed by atoms with E-state index in [0.717, 1.165) is 35.1 Å². The fraction of sp³-hybridized carbons (Fsp3) is 0.214. The number of anilines is 1. The number of benzene rings is 5. The highest BCUT2D eigenvalue weighted by Gasteiger charge is 2.63. The number of halogens is 7. The van der Waals surface area contributed by atoms with Gasteiger partial charge in [-0.15, -0.1) is 11.3 Å². The predicted octanol–water partition coefficient (Wildman–Crippen LogP) is 11.5. The number of sulfonamides is 1. The van der Waals surface area contributed by atoms with Crippen LogP contribution >= 0.6 is 11.3 Å². The van der Waals surface area contributed by atoms with Crippen LogP contribution in [0, 0.1) is 17.6 Å². The van der Waals surface area contributed by atoms with Crippen LogP contribution in [0.2, 0.25) is 0 Å². The number of rotatable bonds is 14. The van der Waals surface area contributed by atoms with E-state index in [1.165, 1.54) is 16.0 Å². The minimum atomic E-state index is -5.10. The van der Waals surface area contributed by atoms with E-state index >= 15 is 17.6 Å². The number of pyridine rings is 1. The quantitative estimate of drug-likeness (QED) is 0.0806. The van der Waals surface area contributed by atoms with Crippen molar-refractivity contribution >= 4 is 54.3 Å². The lowest BCUT2D eigenvalue weighted by Crippen LogP contribution is -2.36. The fourth-order valence-corrected chi connectivity index (χ4v) is 12.8. The second-order valence-electron chi connectivity index (χ2n) is 19.6. The van der Waals surface area contributed by atoms with Crippen molar-refractivity contribution in [2.75, 3.05) is 11.0 Å². The lowest BCUT2D eigenvalue weighted by atomic mass is 9.73. The van der Waals surface area contributed by atoms with Crippen molar-refractivity contribution < 1.29 is 43.9 Å². The smallest absolute Gasteiger partial charge is 0.346 e. The van der Waals surface area contributed by atoms with Gasteiger partial charge >= 0.3 is 6.18 Å². The van der Waals surface area contributed by atoms with Gasteiger partial charge in [0.1, 0.15) is 40.1 Å². The minimum Gasteiger partial charge on any atom is -0.346 e. The molecule has 13 nitrogen and oxygen atoms in total.